The molecular formula is C26H28F3N7O3. The lowest BCUT2D eigenvalue weighted by Gasteiger charge is -2.60. The summed E-state index contributed by atoms with van der Waals surface area (Å²) in [4.78, 5) is 24.7. The number of alkyl halides is 3. The molecule has 3 saturated carbocycles. The lowest BCUT2D eigenvalue weighted by Crippen LogP contribution is -2.69. The van der Waals surface area contributed by atoms with Crippen LogP contribution in [0.3, 0.4) is 0 Å². The fraction of sp³-hybridized carbons (Fsp3) is 0.654. The molecule has 1 atom stereocenters. The average Bonchev–Trinajstić information content (AvgIpc) is 3.21. The van der Waals surface area contributed by atoms with Crippen molar-refractivity contribution in [1.29, 1.82) is 5.26 Å². The van der Waals surface area contributed by atoms with Crippen molar-refractivity contribution in [1.82, 2.24) is 30.0 Å². The molecule has 2 saturated heterocycles. The number of hydrogen-bond acceptors (Lipinski definition) is 7. The maximum atomic E-state index is 13.0. The van der Waals surface area contributed by atoms with Gasteiger partial charge in [0.15, 0.2) is 11.6 Å². The van der Waals surface area contributed by atoms with Crippen molar-refractivity contribution in [2.75, 3.05) is 26.2 Å². The number of nitrogens with one attached hydrogen (secondary N) is 1. The van der Waals surface area contributed by atoms with E-state index in [1.807, 2.05) is 9.80 Å². The van der Waals surface area contributed by atoms with Crippen LogP contribution >= 0.6 is 0 Å². The second-order valence-electron chi connectivity index (χ2n) is 12.3. The molecular weight excluding hydrogens is 515 g/mol. The third kappa shape index (κ3) is 4.11. The number of halogens is 3. The molecule has 10 nitrogen and oxygen atoms in total. The van der Waals surface area contributed by atoms with E-state index in [4.69, 9.17) is 4.74 Å². The number of carbonyl (C=O) groups excluding carboxylic acids is 1. The number of amides is 2. The van der Waals surface area contributed by atoms with E-state index in [1.165, 1.54) is 0 Å². The number of nitriles is 1. The van der Waals surface area contributed by atoms with E-state index >= 15 is 0 Å². The van der Waals surface area contributed by atoms with Crippen LogP contribution in [0.1, 0.15) is 73.8 Å². The summed E-state index contributed by atoms with van der Waals surface area (Å²) < 4.78 is 44.6. The van der Waals surface area contributed by atoms with E-state index in [9.17, 15) is 28.3 Å². The fourth-order valence-corrected chi connectivity index (χ4v) is 6.94. The molecule has 0 radical (unpaired) electrons. The minimum Gasteiger partial charge on any atom is -0.487 e. The predicted molar refractivity (Wildman–Crippen MR) is 127 cm³/mol. The second-order valence-corrected chi connectivity index (χ2v) is 12.3. The Kier molecular flexibility index (Phi) is 5.09. The quantitative estimate of drug-likeness (QED) is 0.605. The van der Waals surface area contributed by atoms with Crippen LogP contribution < -0.4 is 4.74 Å². The number of likely N-dealkylation sites (tertiary alicyclic amines) is 2. The molecule has 5 fully saturated rings. The number of aliphatic hydroxyl groups is 1. The number of ether oxygens (including phenoxy) is 1. The molecule has 13 heteroatoms. The number of aromatic nitrogens is 4. The standard InChI is InChI=1S/C26H28F3N7O3/c27-26(28,29)19-5-15(9-30)18(10-31-19)39-17-1-2-23(8-17)11-35(12-23)22(37)36-13-24(14-36)6-16(7-24)20-32-21(34-33-20)25(38)3-4-25/h5,10,16-17,38H,1-4,6-8,11-14H2,(H,32,33,34)/t17-/m0/s1. The van der Waals surface area contributed by atoms with E-state index in [2.05, 4.69) is 20.2 Å². The molecule has 39 heavy (non-hydrogen) atoms. The van der Waals surface area contributed by atoms with Gasteiger partial charge in [0.25, 0.3) is 0 Å². The highest BCUT2D eigenvalue weighted by atomic mass is 19.4. The third-order valence-electron chi connectivity index (χ3n) is 9.26. The first-order valence-corrected chi connectivity index (χ1v) is 13.3. The minimum atomic E-state index is -4.62. The first kappa shape index (κ1) is 24.6. The topological polar surface area (TPSA) is 131 Å². The summed E-state index contributed by atoms with van der Waals surface area (Å²) in [7, 11) is 0. The summed E-state index contributed by atoms with van der Waals surface area (Å²) in [6.07, 6.45) is 1.70. The van der Waals surface area contributed by atoms with Crippen LogP contribution in [0.5, 0.6) is 5.75 Å². The van der Waals surface area contributed by atoms with Crippen molar-refractivity contribution in [2.24, 2.45) is 10.8 Å². The Hall–Kier alpha value is -3.40. The Morgan fingerprint density at radius 3 is 2.46 bits per heavy atom. The minimum absolute atomic E-state index is 0.0494. The number of H-pyrrole nitrogens is 1. The zero-order chi connectivity index (χ0) is 27.2. The zero-order valence-electron chi connectivity index (χ0n) is 21.2. The maximum absolute atomic E-state index is 13.0. The molecule has 2 N–H and O–H groups in total. The molecule has 7 rings (SSSR count). The molecule has 206 valence electrons. The highest BCUT2D eigenvalue weighted by Crippen LogP contribution is 2.56. The van der Waals surface area contributed by atoms with Crippen LogP contribution in [0.4, 0.5) is 18.0 Å². The molecule has 0 unspecified atom stereocenters. The average molecular weight is 544 g/mol. The van der Waals surface area contributed by atoms with Gasteiger partial charge >= 0.3 is 12.2 Å². The smallest absolute Gasteiger partial charge is 0.433 e. The number of hydrogen-bond donors (Lipinski definition) is 2. The Bertz CT molecular complexity index is 1360. The van der Waals surface area contributed by atoms with Gasteiger partial charge in [0.05, 0.1) is 17.9 Å². The Morgan fingerprint density at radius 1 is 1.13 bits per heavy atom. The van der Waals surface area contributed by atoms with Gasteiger partial charge in [0.2, 0.25) is 0 Å². The molecule has 2 aromatic rings. The van der Waals surface area contributed by atoms with Crippen LogP contribution in [-0.4, -0.2) is 73.4 Å². The number of rotatable bonds is 4. The molecule has 2 spiro atoms. The Labute approximate surface area is 222 Å². The van der Waals surface area contributed by atoms with Gasteiger partial charge in [-0.05, 0) is 51.0 Å². The van der Waals surface area contributed by atoms with E-state index < -0.39 is 17.5 Å². The summed E-state index contributed by atoms with van der Waals surface area (Å²) in [6.45, 7) is 2.75. The van der Waals surface area contributed by atoms with Crippen molar-refractivity contribution in [3.05, 3.63) is 35.2 Å². The van der Waals surface area contributed by atoms with Crippen LogP contribution in [0.15, 0.2) is 12.3 Å². The summed E-state index contributed by atoms with van der Waals surface area (Å²) in [5, 5.41) is 26.7. The van der Waals surface area contributed by atoms with Gasteiger partial charge in [-0.1, -0.05) is 0 Å². The van der Waals surface area contributed by atoms with Crippen molar-refractivity contribution >= 4 is 6.03 Å². The highest BCUT2D eigenvalue weighted by molar-refractivity contribution is 5.77. The van der Waals surface area contributed by atoms with E-state index in [1.54, 1.807) is 6.07 Å². The number of carbonyl (C=O) groups is 1. The van der Waals surface area contributed by atoms with Crippen molar-refractivity contribution in [3.8, 4) is 11.8 Å². The van der Waals surface area contributed by atoms with Crippen molar-refractivity contribution in [2.45, 2.75) is 68.7 Å². The lowest BCUT2D eigenvalue weighted by atomic mass is 9.57. The van der Waals surface area contributed by atoms with Gasteiger partial charge < -0.3 is 19.6 Å². The van der Waals surface area contributed by atoms with Gasteiger partial charge in [0, 0.05) is 42.9 Å². The lowest BCUT2D eigenvalue weighted by molar-refractivity contribution is -0.141. The van der Waals surface area contributed by atoms with Crippen LogP contribution in [0.2, 0.25) is 0 Å². The van der Waals surface area contributed by atoms with Gasteiger partial charge in [0.1, 0.15) is 23.2 Å². The monoisotopic (exact) mass is 543 g/mol. The number of aromatic amines is 1. The van der Waals surface area contributed by atoms with E-state index in [-0.39, 0.29) is 40.2 Å². The molecule has 2 aromatic heterocycles. The molecule has 2 amide bonds. The first-order valence-electron chi connectivity index (χ1n) is 13.3. The van der Waals surface area contributed by atoms with Gasteiger partial charge in [-0.2, -0.15) is 23.5 Å². The van der Waals surface area contributed by atoms with Crippen LogP contribution in [0.25, 0.3) is 0 Å². The van der Waals surface area contributed by atoms with Gasteiger partial charge in [-0.15, -0.1) is 0 Å². The maximum Gasteiger partial charge on any atom is 0.433 e. The second kappa shape index (κ2) is 8.06. The summed E-state index contributed by atoms with van der Waals surface area (Å²) in [6, 6.07) is 2.54. The molecule has 3 aliphatic carbocycles. The number of nitrogens with zero attached hydrogens (tertiary/aromatic N) is 6. The molecule has 0 aromatic carbocycles. The van der Waals surface area contributed by atoms with Gasteiger partial charge in [-0.3, -0.25) is 5.10 Å². The van der Waals surface area contributed by atoms with Crippen LogP contribution in [-0.2, 0) is 11.8 Å². The molecule has 5 aliphatic rings. The molecule has 2 aliphatic heterocycles. The summed E-state index contributed by atoms with van der Waals surface area (Å²) in [5.41, 5.74) is -2.04. The third-order valence-corrected chi connectivity index (χ3v) is 9.26. The summed E-state index contributed by atoms with van der Waals surface area (Å²) in [5.74, 6) is 1.68. The van der Waals surface area contributed by atoms with Crippen molar-refractivity contribution < 1.29 is 27.8 Å². The van der Waals surface area contributed by atoms with Crippen LogP contribution in [0, 0.1) is 22.2 Å². The Balaban J connectivity index is 0.880. The normalized spacial score (nSPS) is 26.1. The van der Waals surface area contributed by atoms with Crippen molar-refractivity contribution in [3.63, 3.8) is 0 Å². The molecule has 4 heterocycles. The SMILES string of the molecule is N#Cc1cc(C(F)(F)F)ncc1O[C@H]1CCC2(C1)CN(C(=O)N1CC3(CC(c4nc(C5(O)CC5)n[nH]4)C3)C1)C2. The summed E-state index contributed by atoms with van der Waals surface area (Å²) >= 11 is 0. The highest BCUT2D eigenvalue weighted by Gasteiger charge is 2.58. The van der Waals surface area contributed by atoms with E-state index in [0.717, 1.165) is 50.4 Å². The predicted octanol–water partition coefficient (Wildman–Crippen LogP) is 3.30. The Morgan fingerprint density at radius 2 is 1.82 bits per heavy atom. The fourth-order valence-electron chi connectivity index (χ4n) is 6.94. The largest absolute Gasteiger partial charge is 0.487 e. The number of urea groups is 1. The van der Waals surface area contributed by atoms with E-state index in [0.29, 0.717) is 44.6 Å². The molecule has 0 bridgehead atoms. The number of pyridine rings is 1. The van der Waals surface area contributed by atoms with Gasteiger partial charge in [-0.25, -0.2) is 14.8 Å². The first-order chi connectivity index (χ1) is 18.5. The zero-order valence-corrected chi connectivity index (χ0v) is 21.2.